The molecule has 2 aliphatic heterocycles. The highest BCUT2D eigenvalue weighted by Crippen LogP contribution is 2.32. The van der Waals surface area contributed by atoms with Crippen LogP contribution in [0, 0.1) is 0 Å². The first kappa shape index (κ1) is 16.4. The van der Waals surface area contributed by atoms with Crippen molar-refractivity contribution < 1.29 is 13.2 Å². The number of fused-ring (bicyclic) bond motifs is 2. The molecule has 0 amide bonds. The van der Waals surface area contributed by atoms with Crippen LogP contribution in [0.4, 0.5) is 19.0 Å². The molecule has 25 heavy (non-hydrogen) atoms. The van der Waals surface area contributed by atoms with Crippen molar-refractivity contribution in [1.29, 1.82) is 0 Å². The summed E-state index contributed by atoms with van der Waals surface area (Å²) < 4.78 is 38.7. The van der Waals surface area contributed by atoms with E-state index in [1.54, 1.807) is 12.3 Å². The van der Waals surface area contributed by atoms with Crippen molar-refractivity contribution in [2.24, 2.45) is 0 Å². The molecule has 2 bridgehead atoms. The molecule has 3 heterocycles. The summed E-state index contributed by atoms with van der Waals surface area (Å²) in [5.74, 6) is 0.919. The summed E-state index contributed by atoms with van der Waals surface area (Å²) in [5, 5.41) is 0. The van der Waals surface area contributed by atoms with Crippen LogP contribution in [0.3, 0.4) is 0 Å². The molecule has 6 heteroatoms. The Morgan fingerprint density at radius 3 is 2.64 bits per heavy atom. The van der Waals surface area contributed by atoms with Gasteiger partial charge in [-0.1, -0.05) is 12.1 Å². The summed E-state index contributed by atoms with van der Waals surface area (Å²) in [6, 6.07) is 9.69. The predicted octanol–water partition coefficient (Wildman–Crippen LogP) is 4.05. The molecule has 0 radical (unpaired) electrons. The zero-order valence-corrected chi connectivity index (χ0v) is 13.8. The number of pyridine rings is 1. The van der Waals surface area contributed by atoms with E-state index in [2.05, 4.69) is 14.8 Å². The van der Waals surface area contributed by atoms with Gasteiger partial charge in [-0.05, 0) is 49.2 Å². The van der Waals surface area contributed by atoms with E-state index in [1.165, 1.54) is 31.5 Å². The SMILES string of the molecule is FC(F)(F)c1cccc(-c2ccc(N3CCN4CCCC3C4)nc2)c1. The molecule has 0 spiro atoms. The minimum absolute atomic E-state index is 0.495. The lowest BCUT2D eigenvalue weighted by Crippen LogP contribution is -2.56. The van der Waals surface area contributed by atoms with Crippen LogP contribution in [0.5, 0.6) is 0 Å². The van der Waals surface area contributed by atoms with Crippen LogP contribution in [0.2, 0.25) is 0 Å². The summed E-state index contributed by atoms with van der Waals surface area (Å²) in [7, 11) is 0. The fourth-order valence-electron chi connectivity index (χ4n) is 3.82. The summed E-state index contributed by atoms with van der Waals surface area (Å²) in [4.78, 5) is 9.37. The number of benzene rings is 1. The number of hydrogen-bond acceptors (Lipinski definition) is 3. The molecule has 0 aliphatic carbocycles. The molecule has 1 aromatic heterocycles. The molecule has 2 aromatic rings. The minimum Gasteiger partial charge on any atom is -0.351 e. The maximum Gasteiger partial charge on any atom is 0.416 e. The van der Waals surface area contributed by atoms with Crippen LogP contribution >= 0.6 is 0 Å². The van der Waals surface area contributed by atoms with Crippen LogP contribution in [0.1, 0.15) is 18.4 Å². The van der Waals surface area contributed by atoms with Gasteiger partial charge < -0.3 is 4.90 Å². The number of aromatic nitrogens is 1. The van der Waals surface area contributed by atoms with Crippen LogP contribution < -0.4 is 4.90 Å². The molecule has 2 aliphatic rings. The average molecular weight is 347 g/mol. The topological polar surface area (TPSA) is 19.4 Å². The van der Waals surface area contributed by atoms with E-state index in [1.807, 2.05) is 12.1 Å². The normalized spacial score (nSPS) is 23.6. The highest BCUT2D eigenvalue weighted by molar-refractivity contribution is 5.65. The highest BCUT2D eigenvalue weighted by Gasteiger charge is 2.31. The lowest BCUT2D eigenvalue weighted by Gasteiger charge is -2.45. The molecule has 0 saturated carbocycles. The Hall–Kier alpha value is -2.08. The van der Waals surface area contributed by atoms with Gasteiger partial charge in [0.05, 0.1) is 5.56 Å². The Kier molecular flexibility index (Phi) is 4.15. The maximum atomic E-state index is 12.9. The largest absolute Gasteiger partial charge is 0.416 e. The maximum absolute atomic E-state index is 12.9. The van der Waals surface area contributed by atoms with Crippen LogP contribution in [0.25, 0.3) is 11.1 Å². The van der Waals surface area contributed by atoms with E-state index in [9.17, 15) is 13.2 Å². The van der Waals surface area contributed by atoms with E-state index in [-0.39, 0.29) is 0 Å². The molecule has 2 saturated heterocycles. The Labute approximate surface area is 145 Å². The molecule has 0 N–H and O–H groups in total. The number of nitrogens with zero attached hydrogens (tertiary/aromatic N) is 3. The third-order valence-electron chi connectivity index (χ3n) is 5.14. The molecule has 2 unspecified atom stereocenters. The standard InChI is InChI=1S/C19H20F3N3/c20-19(21,22)16-4-1-3-14(11-16)15-6-7-18(23-12-15)25-10-9-24-8-2-5-17(25)13-24/h1,3-4,6-7,11-12,17H,2,5,8-10,13H2. The van der Waals surface area contributed by atoms with Crippen LogP contribution in [-0.2, 0) is 6.18 Å². The van der Waals surface area contributed by atoms with Crippen molar-refractivity contribution >= 4 is 5.82 Å². The number of piperazine rings is 1. The number of piperidine rings is 1. The smallest absolute Gasteiger partial charge is 0.351 e. The fourth-order valence-corrected chi connectivity index (χ4v) is 3.82. The summed E-state index contributed by atoms with van der Waals surface area (Å²) in [6.45, 7) is 4.28. The predicted molar refractivity (Wildman–Crippen MR) is 91.5 cm³/mol. The molecule has 1 aromatic carbocycles. The van der Waals surface area contributed by atoms with Gasteiger partial charge >= 0.3 is 6.18 Å². The second kappa shape index (κ2) is 6.33. The quantitative estimate of drug-likeness (QED) is 0.817. The fraction of sp³-hybridized carbons (Fsp3) is 0.421. The van der Waals surface area contributed by atoms with Crippen molar-refractivity contribution in [1.82, 2.24) is 9.88 Å². The van der Waals surface area contributed by atoms with Crippen LogP contribution in [-0.4, -0.2) is 42.1 Å². The van der Waals surface area contributed by atoms with E-state index in [0.717, 1.165) is 31.5 Å². The molecular weight excluding hydrogens is 327 g/mol. The summed E-state index contributed by atoms with van der Waals surface area (Å²) in [5.41, 5.74) is 0.612. The van der Waals surface area contributed by atoms with Crippen molar-refractivity contribution in [2.75, 3.05) is 31.1 Å². The Morgan fingerprint density at radius 2 is 1.88 bits per heavy atom. The van der Waals surface area contributed by atoms with E-state index < -0.39 is 11.7 Å². The third-order valence-corrected chi connectivity index (χ3v) is 5.14. The zero-order chi connectivity index (χ0) is 17.4. The van der Waals surface area contributed by atoms with Crippen LogP contribution in [0.15, 0.2) is 42.6 Å². The number of hydrogen-bond donors (Lipinski definition) is 0. The molecular formula is C19H20F3N3. The van der Waals surface area contributed by atoms with Gasteiger partial charge in [0.1, 0.15) is 5.82 Å². The van der Waals surface area contributed by atoms with Gasteiger partial charge in [-0.2, -0.15) is 13.2 Å². The second-order valence-electron chi connectivity index (χ2n) is 6.77. The first-order valence-electron chi connectivity index (χ1n) is 8.63. The van der Waals surface area contributed by atoms with E-state index >= 15 is 0 Å². The molecule has 4 rings (SSSR count). The van der Waals surface area contributed by atoms with Gasteiger partial charge in [-0.25, -0.2) is 4.98 Å². The summed E-state index contributed by atoms with van der Waals surface area (Å²) >= 11 is 0. The minimum atomic E-state index is -4.33. The molecule has 3 nitrogen and oxygen atoms in total. The Morgan fingerprint density at radius 1 is 1.00 bits per heavy atom. The molecule has 132 valence electrons. The van der Waals surface area contributed by atoms with Gasteiger partial charge in [-0.3, -0.25) is 4.90 Å². The van der Waals surface area contributed by atoms with E-state index in [4.69, 9.17) is 0 Å². The van der Waals surface area contributed by atoms with E-state index in [0.29, 0.717) is 17.2 Å². The average Bonchev–Trinajstić information content (AvgIpc) is 2.62. The van der Waals surface area contributed by atoms with Gasteiger partial charge in [0, 0.05) is 37.4 Å². The van der Waals surface area contributed by atoms with Gasteiger partial charge in [-0.15, -0.1) is 0 Å². The zero-order valence-electron chi connectivity index (χ0n) is 13.8. The van der Waals surface area contributed by atoms with Crippen molar-refractivity contribution in [3.63, 3.8) is 0 Å². The number of alkyl halides is 3. The van der Waals surface area contributed by atoms with Crippen molar-refractivity contribution in [2.45, 2.75) is 25.1 Å². The number of rotatable bonds is 2. The van der Waals surface area contributed by atoms with Crippen molar-refractivity contribution in [3.8, 4) is 11.1 Å². The number of halogens is 3. The van der Waals surface area contributed by atoms with Gasteiger partial charge in [0.2, 0.25) is 0 Å². The van der Waals surface area contributed by atoms with Gasteiger partial charge in [0.15, 0.2) is 0 Å². The highest BCUT2D eigenvalue weighted by atomic mass is 19.4. The van der Waals surface area contributed by atoms with Crippen molar-refractivity contribution in [3.05, 3.63) is 48.2 Å². The monoisotopic (exact) mass is 347 g/mol. The first-order chi connectivity index (χ1) is 12.0. The Bertz CT molecular complexity index is 742. The second-order valence-corrected chi connectivity index (χ2v) is 6.77. The number of anilines is 1. The lowest BCUT2D eigenvalue weighted by molar-refractivity contribution is -0.137. The van der Waals surface area contributed by atoms with Gasteiger partial charge in [0.25, 0.3) is 0 Å². The first-order valence-corrected chi connectivity index (χ1v) is 8.63. The summed E-state index contributed by atoms with van der Waals surface area (Å²) in [6.07, 6.45) is -0.263. The Balaban J connectivity index is 1.56. The lowest BCUT2D eigenvalue weighted by atomic mass is 10.0. The third kappa shape index (κ3) is 3.35. The molecule has 2 atom stereocenters. The molecule has 2 fully saturated rings.